The molecule has 2 aliphatic rings. The minimum Gasteiger partial charge on any atom is -0.334 e. The first kappa shape index (κ1) is 20.1. The molecule has 0 aromatic heterocycles. The molecule has 2 aromatic carbocycles. The lowest BCUT2D eigenvalue weighted by molar-refractivity contribution is -0.163. The number of rotatable bonds is 4. The maximum Gasteiger partial charge on any atom is 0.253 e. The largest absolute Gasteiger partial charge is 0.334 e. The van der Waals surface area contributed by atoms with Crippen LogP contribution in [0, 0.1) is 0 Å². The lowest BCUT2D eigenvalue weighted by atomic mass is 9.96. The van der Waals surface area contributed by atoms with Crippen LogP contribution in [0.4, 0.5) is 0 Å². The van der Waals surface area contributed by atoms with Gasteiger partial charge >= 0.3 is 0 Å². The first-order chi connectivity index (χ1) is 14.5. The maximum absolute atomic E-state index is 13.2. The molecule has 2 heterocycles. The van der Waals surface area contributed by atoms with E-state index in [0.717, 1.165) is 12.0 Å². The highest BCUT2D eigenvalue weighted by Gasteiger charge is 2.47. The third-order valence-electron chi connectivity index (χ3n) is 6.22. The van der Waals surface area contributed by atoms with E-state index in [1.165, 1.54) is 5.56 Å². The van der Waals surface area contributed by atoms with Gasteiger partial charge < -0.3 is 14.7 Å². The number of aryl methyl sites for hydroxylation is 1. The average molecular weight is 405 g/mol. The summed E-state index contributed by atoms with van der Waals surface area (Å²) in [5.74, 6) is -0.230. The number of hydrogen-bond acceptors (Lipinski definition) is 3. The monoisotopic (exact) mass is 405 g/mol. The summed E-state index contributed by atoms with van der Waals surface area (Å²) in [5, 5.41) is 0. The number of piperazine rings is 2. The lowest BCUT2D eigenvalue weighted by Gasteiger charge is -2.48. The summed E-state index contributed by atoms with van der Waals surface area (Å²) in [6.07, 6.45) is 1.42. The second-order valence-electron chi connectivity index (χ2n) is 8.00. The van der Waals surface area contributed by atoms with E-state index in [9.17, 15) is 14.4 Å². The number of fused-ring (bicyclic) bond motifs is 1. The lowest BCUT2D eigenvalue weighted by Crippen LogP contribution is -2.70. The number of likely N-dealkylation sites (N-methyl/N-ethyl adjacent to an activating group) is 1. The van der Waals surface area contributed by atoms with Gasteiger partial charge in [0.1, 0.15) is 12.1 Å². The summed E-state index contributed by atoms with van der Waals surface area (Å²) < 4.78 is 0. The zero-order chi connectivity index (χ0) is 21.3. The van der Waals surface area contributed by atoms with Crippen molar-refractivity contribution in [3.63, 3.8) is 0 Å². The smallest absolute Gasteiger partial charge is 0.253 e. The zero-order valence-electron chi connectivity index (χ0n) is 17.5. The normalized spacial score (nSPS) is 21.6. The molecule has 30 heavy (non-hydrogen) atoms. The van der Waals surface area contributed by atoms with Crippen LogP contribution in [0.2, 0.25) is 0 Å². The predicted molar refractivity (Wildman–Crippen MR) is 114 cm³/mol. The van der Waals surface area contributed by atoms with E-state index in [0.29, 0.717) is 25.1 Å². The van der Waals surface area contributed by atoms with Crippen molar-refractivity contribution in [2.45, 2.75) is 31.8 Å². The number of nitrogens with zero attached hydrogens (tertiary/aromatic N) is 3. The van der Waals surface area contributed by atoms with Crippen molar-refractivity contribution in [1.82, 2.24) is 14.7 Å². The van der Waals surface area contributed by atoms with E-state index in [2.05, 4.69) is 6.92 Å². The number of benzene rings is 2. The molecule has 2 fully saturated rings. The van der Waals surface area contributed by atoms with Crippen LogP contribution in [0.15, 0.2) is 54.6 Å². The molecule has 6 heteroatoms. The highest BCUT2D eigenvalue weighted by molar-refractivity contribution is 5.99. The summed E-state index contributed by atoms with van der Waals surface area (Å²) >= 11 is 0. The quantitative estimate of drug-likeness (QED) is 0.782. The second-order valence-corrected chi connectivity index (χ2v) is 8.00. The van der Waals surface area contributed by atoms with Crippen molar-refractivity contribution in [2.75, 3.05) is 26.7 Å². The van der Waals surface area contributed by atoms with Gasteiger partial charge in [-0.15, -0.1) is 0 Å². The van der Waals surface area contributed by atoms with Gasteiger partial charge in [-0.2, -0.15) is 0 Å². The van der Waals surface area contributed by atoms with Crippen molar-refractivity contribution in [1.29, 1.82) is 0 Å². The van der Waals surface area contributed by atoms with Crippen LogP contribution in [0.5, 0.6) is 0 Å². The number of amides is 3. The Morgan fingerprint density at radius 2 is 1.63 bits per heavy atom. The Kier molecular flexibility index (Phi) is 5.57. The molecule has 0 radical (unpaired) electrons. The first-order valence-electron chi connectivity index (χ1n) is 10.5. The summed E-state index contributed by atoms with van der Waals surface area (Å²) in [4.78, 5) is 44.1. The fourth-order valence-corrected chi connectivity index (χ4v) is 4.32. The molecule has 0 spiro atoms. The Balaban J connectivity index is 1.48. The van der Waals surface area contributed by atoms with Gasteiger partial charge in [-0.1, -0.05) is 49.4 Å². The van der Waals surface area contributed by atoms with Crippen LogP contribution in [-0.4, -0.2) is 71.2 Å². The van der Waals surface area contributed by atoms with E-state index >= 15 is 0 Å². The summed E-state index contributed by atoms with van der Waals surface area (Å²) in [6.45, 7) is 3.13. The Bertz CT molecular complexity index is 942. The van der Waals surface area contributed by atoms with Crippen LogP contribution < -0.4 is 0 Å². The van der Waals surface area contributed by atoms with E-state index in [1.807, 2.05) is 54.6 Å². The zero-order valence-corrected chi connectivity index (χ0v) is 17.5. The minimum atomic E-state index is -0.609. The molecule has 4 rings (SSSR count). The van der Waals surface area contributed by atoms with E-state index in [1.54, 1.807) is 21.7 Å². The Hall–Kier alpha value is -3.15. The fourth-order valence-electron chi connectivity index (χ4n) is 4.32. The molecule has 3 amide bonds. The van der Waals surface area contributed by atoms with Crippen LogP contribution in [-0.2, 0) is 22.4 Å². The second kappa shape index (κ2) is 8.30. The van der Waals surface area contributed by atoms with E-state index in [-0.39, 0.29) is 24.3 Å². The van der Waals surface area contributed by atoms with Crippen LogP contribution in [0.1, 0.15) is 28.4 Å². The molecule has 0 bridgehead atoms. The minimum absolute atomic E-state index is 0.0367. The van der Waals surface area contributed by atoms with Gasteiger partial charge in [-0.25, -0.2) is 0 Å². The molecule has 2 saturated heterocycles. The Morgan fingerprint density at radius 1 is 0.933 bits per heavy atom. The molecular formula is C24H27N3O3. The van der Waals surface area contributed by atoms with Crippen LogP contribution in [0.25, 0.3) is 0 Å². The Morgan fingerprint density at radius 3 is 2.30 bits per heavy atom. The van der Waals surface area contributed by atoms with E-state index < -0.39 is 12.1 Å². The maximum atomic E-state index is 13.2. The van der Waals surface area contributed by atoms with Crippen molar-refractivity contribution in [3.05, 3.63) is 71.3 Å². The van der Waals surface area contributed by atoms with Gasteiger partial charge in [0.25, 0.3) is 5.91 Å². The van der Waals surface area contributed by atoms with Gasteiger partial charge in [0.05, 0.1) is 6.54 Å². The van der Waals surface area contributed by atoms with Gasteiger partial charge in [0.2, 0.25) is 11.8 Å². The van der Waals surface area contributed by atoms with Gasteiger partial charge in [-0.3, -0.25) is 14.4 Å². The standard InChI is InChI=1S/C24H27N3O3/c1-3-17-9-11-19(12-10-17)22(28)26-13-14-27-21(16-26)23(29)25(2)20(24(27)30)15-18-7-5-4-6-8-18/h4-12,20-21H,3,13-16H2,1-2H3/t20-,21+/m0/s1. The molecule has 2 aromatic rings. The number of carbonyl (C=O) groups is 3. The third-order valence-corrected chi connectivity index (χ3v) is 6.22. The van der Waals surface area contributed by atoms with Crippen molar-refractivity contribution >= 4 is 17.7 Å². The highest BCUT2D eigenvalue weighted by atomic mass is 16.2. The Labute approximate surface area is 177 Å². The third kappa shape index (κ3) is 3.70. The molecule has 0 saturated carbocycles. The molecule has 156 valence electrons. The van der Waals surface area contributed by atoms with Gasteiger partial charge in [-0.05, 0) is 29.7 Å². The fraction of sp³-hybridized carbons (Fsp3) is 0.375. The topological polar surface area (TPSA) is 60.9 Å². The molecular weight excluding hydrogens is 378 g/mol. The van der Waals surface area contributed by atoms with Crippen LogP contribution >= 0.6 is 0 Å². The first-order valence-corrected chi connectivity index (χ1v) is 10.5. The SMILES string of the molecule is CCc1ccc(C(=O)N2CCN3C(=O)[C@H](Cc4ccccc4)N(C)C(=O)[C@H]3C2)cc1. The van der Waals surface area contributed by atoms with Crippen molar-refractivity contribution in [3.8, 4) is 0 Å². The van der Waals surface area contributed by atoms with Gasteiger partial charge in [0, 0.05) is 32.1 Å². The van der Waals surface area contributed by atoms with Crippen molar-refractivity contribution < 1.29 is 14.4 Å². The molecule has 0 unspecified atom stereocenters. The molecule has 2 atom stereocenters. The van der Waals surface area contributed by atoms with Gasteiger partial charge in [0.15, 0.2) is 0 Å². The highest BCUT2D eigenvalue weighted by Crippen LogP contribution is 2.24. The van der Waals surface area contributed by atoms with Crippen molar-refractivity contribution in [2.24, 2.45) is 0 Å². The summed E-state index contributed by atoms with van der Waals surface area (Å²) in [7, 11) is 1.69. The molecule has 6 nitrogen and oxygen atoms in total. The summed E-state index contributed by atoms with van der Waals surface area (Å²) in [6, 6.07) is 16.2. The number of carbonyl (C=O) groups excluding carboxylic acids is 3. The van der Waals surface area contributed by atoms with E-state index in [4.69, 9.17) is 0 Å². The predicted octanol–water partition coefficient (Wildman–Crippen LogP) is 1.99. The molecule has 0 aliphatic carbocycles. The molecule has 0 N–H and O–H groups in total. The number of hydrogen-bond donors (Lipinski definition) is 0. The van der Waals surface area contributed by atoms with Crippen LogP contribution in [0.3, 0.4) is 0 Å². The molecule has 2 aliphatic heterocycles. The summed E-state index contributed by atoms with van der Waals surface area (Å²) in [5.41, 5.74) is 2.82. The average Bonchev–Trinajstić information content (AvgIpc) is 2.80.